The molecule has 6 heteroatoms. The molecule has 0 bridgehead atoms. The van der Waals surface area contributed by atoms with Crippen LogP contribution in [0.4, 0.5) is 0 Å². The lowest BCUT2D eigenvalue weighted by atomic mass is 10.2. The maximum atomic E-state index is 12.0. The van der Waals surface area contributed by atoms with E-state index in [0.29, 0.717) is 0 Å². The van der Waals surface area contributed by atoms with E-state index in [2.05, 4.69) is 15.5 Å². The first-order valence-electron chi connectivity index (χ1n) is 6.83. The Hall–Kier alpha value is -2.11. The molecule has 108 valence electrons. The Morgan fingerprint density at radius 2 is 2.15 bits per heavy atom. The van der Waals surface area contributed by atoms with E-state index in [1.807, 2.05) is 50.7 Å². The summed E-state index contributed by atoms with van der Waals surface area (Å²) in [5.41, 5.74) is 2.78. The molecule has 2 rings (SSSR count). The van der Waals surface area contributed by atoms with Crippen molar-refractivity contribution in [2.75, 3.05) is 0 Å². The van der Waals surface area contributed by atoms with E-state index >= 15 is 0 Å². The van der Waals surface area contributed by atoms with Crippen LogP contribution < -0.4 is 5.32 Å². The number of carbonyl (C=O) groups is 1. The van der Waals surface area contributed by atoms with Gasteiger partial charge in [0.15, 0.2) is 0 Å². The predicted octanol–water partition coefficient (Wildman–Crippen LogP) is 1.59. The first kappa shape index (κ1) is 14.3. The first-order valence-corrected chi connectivity index (χ1v) is 6.83. The number of nitrogens with one attached hydrogen (secondary N) is 1. The van der Waals surface area contributed by atoms with Gasteiger partial charge in [-0.05, 0) is 39.8 Å². The molecule has 2 aromatic rings. The minimum absolute atomic E-state index is 0.0604. The summed E-state index contributed by atoms with van der Waals surface area (Å²) < 4.78 is 3.56. The van der Waals surface area contributed by atoms with Crippen molar-refractivity contribution in [2.24, 2.45) is 0 Å². The Labute approximate surface area is 118 Å². The van der Waals surface area contributed by atoms with Gasteiger partial charge in [0.1, 0.15) is 6.54 Å². The molecule has 0 saturated carbocycles. The molecule has 0 saturated heterocycles. The molecule has 0 aliphatic rings. The third kappa shape index (κ3) is 3.26. The normalized spacial score (nSPS) is 12.4. The van der Waals surface area contributed by atoms with Crippen molar-refractivity contribution in [1.29, 1.82) is 0 Å². The van der Waals surface area contributed by atoms with E-state index in [9.17, 15) is 4.79 Å². The van der Waals surface area contributed by atoms with Crippen LogP contribution in [0.1, 0.15) is 37.0 Å². The van der Waals surface area contributed by atoms with E-state index in [1.165, 1.54) is 0 Å². The van der Waals surface area contributed by atoms with Crippen LogP contribution in [0.25, 0.3) is 0 Å². The van der Waals surface area contributed by atoms with E-state index in [1.54, 1.807) is 4.68 Å². The van der Waals surface area contributed by atoms with Crippen LogP contribution in [-0.2, 0) is 17.9 Å². The number of carbonyl (C=O) groups excluding carboxylic acids is 1. The monoisotopic (exact) mass is 275 g/mol. The van der Waals surface area contributed by atoms with Crippen molar-refractivity contribution in [2.45, 2.75) is 46.8 Å². The van der Waals surface area contributed by atoms with Crippen LogP contribution in [0.3, 0.4) is 0 Å². The molecule has 0 aliphatic heterocycles. The number of rotatable bonds is 5. The van der Waals surface area contributed by atoms with Crippen molar-refractivity contribution in [3.8, 4) is 0 Å². The zero-order valence-corrected chi connectivity index (χ0v) is 12.4. The van der Waals surface area contributed by atoms with E-state index in [-0.39, 0.29) is 18.5 Å². The highest BCUT2D eigenvalue weighted by Gasteiger charge is 2.13. The molecule has 1 amide bonds. The lowest BCUT2D eigenvalue weighted by Crippen LogP contribution is -2.31. The zero-order chi connectivity index (χ0) is 14.7. The predicted molar refractivity (Wildman–Crippen MR) is 76.2 cm³/mol. The fourth-order valence-corrected chi connectivity index (χ4v) is 2.12. The van der Waals surface area contributed by atoms with Crippen LogP contribution in [0.15, 0.2) is 18.3 Å². The van der Waals surface area contributed by atoms with Crippen molar-refractivity contribution < 1.29 is 4.79 Å². The zero-order valence-electron chi connectivity index (χ0n) is 12.4. The molecule has 6 nitrogen and oxygen atoms in total. The Bertz CT molecular complexity index is 598. The molecule has 2 heterocycles. The molecule has 0 radical (unpaired) electrons. The van der Waals surface area contributed by atoms with Gasteiger partial charge in [0.25, 0.3) is 0 Å². The topological polar surface area (TPSA) is 64.7 Å². The fourth-order valence-electron chi connectivity index (χ4n) is 2.12. The second kappa shape index (κ2) is 5.90. The van der Waals surface area contributed by atoms with Gasteiger partial charge in [-0.2, -0.15) is 10.2 Å². The summed E-state index contributed by atoms with van der Waals surface area (Å²) in [6.45, 7) is 8.89. The van der Waals surface area contributed by atoms with Crippen LogP contribution in [0, 0.1) is 13.8 Å². The molecule has 0 fully saturated rings. The minimum Gasteiger partial charge on any atom is -0.346 e. The third-order valence-corrected chi connectivity index (χ3v) is 3.20. The Morgan fingerprint density at radius 1 is 1.40 bits per heavy atom. The number of hydrogen-bond acceptors (Lipinski definition) is 3. The fraction of sp³-hybridized carbons (Fsp3) is 0.500. The maximum absolute atomic E-state index is 12.0. The largest absolute Gasteiger partial charge is 0.346 e. The summed E-state index contributed by atoms with van der Waals surface area (Å²) in [5.74, 6) is -0.0604. The molecule has 20 heavy (non-hydrogen) atoms. The minimum atomic E-state index is -0.104. The third-order valence-electron chi connectivity index (χ3n) is 3.20. The van der Waals surface area contributed by atoms with Gasteiger partial charge in [0.2, 0.25) is 5.91 Å². The van der Waals surface area contributed by atoms with Gasteiger partial charge in [0.05, 0.1) is 17.4 Å². The van der Waals surface area contributed by atoms with Crippen LogP contribution in [0.5, 0.6) is 0 Å². The molecule has 0 aliphatic carbocycles. The highest BCUT2D eigenvalue weighted by atomic mass is 16.2. The van der Waals surface area contributed by atoms with E-state index in [4.69, 9.17) is 0 Å². The number of amides is 1. The summed E-state index contributed by atoms with van der Waals surface area (Å²) >= 11 is 0. The Kier molecular flexibility index (Phi) is 4.22. The average molecular weight is 275 g/mol. The molecular weight excluding hydrogens is 254 g/mol. The Balaban J connectivity index is 1.95. The summed E-state index contributed by atoms with van der Waals surface area (Å²) in [4.78, 5) is 12.0. The number of aromatic nitrogens is 4. The number of hydrogen-bond donors (Lipinski definition) is 1. The van der Waals surface area contributed by atoms with Crippen LogP contribution >= 0.6 is 0 Å². The molecular formula is C14H21N5O. The van der Waals surface area contributed by atoms with Crippen molar-refractivity contribution in [1.82, 2.24) is 24.9 Å². The van der Waals surface area contributed by atoms with Gasteiger partial charge in [0, 0.05) is 18.4 Å². The Morgan fingerprint density at radius 3 is 2.70 bits per heavy atom. The quantitative estimate of drug-likeness (QED) is 0.901. The molecule has 1 unspecified atom stereocenters. The lowest BCUT2D eigenvalue weighted by molar-refractivity contribution is -0.122. The summed E-state index contributed by atoms with van der Waals surface area (Å²) in [6.07, 6.45) is 1.92. The van der Waals surface area contributed by atoms with Crippen LogP contribution in [-0.4, -0.2) is 25.5 Å². The summed E-state index contributed by atoms with van der Waals surface area (Å²) in [5, 5.41) is 11.6. The van der Waals surface area contributed by atoms with Gasteiger partial charge < -0.3 is 5.32 Å². The molecule has 1 atom stereocenters. The average Bonchev–Trinajstić information content (AvgIpc) is 2.96. The van der Waals surface area contributed by atoms with Crippen molar-refractivity contribution in [3.05, 3.63) is 35.4 Å². The van der Waals surface area contributed by atoms with Gasteiger partial charge in [-0.25, -0.2) is 0 Å². The SMILES string of the molecule is CCn1ccc(C(C)NC(=O)Cn2nc(C)cc2C)n1. The molecule has 0 aromatic carbocycles. The molecule has 2 aromatic heterocycles. The standard InChI is InChI=1S/C14H21N5O/c1-5-18-7-6-13(17-18)12(4)15-14(20)9-19-11(3)8-10(2)16-19/h6-8,12H,5,9H2,1-4H3,(H,15,20). The summed E-state index contributed by atoms with van der Waals surface area (Å²) in [7, 11) is 0. The number of aryl methyl sites for hydroxylation is 3. The molecule has 0 spiro atoms. The second-order valence-corrected chi connectivity index (χ2v) is 4.97. The smallest absolute Gasteiger partial charge is 0.242 e. The van der Waals surface area contributed by atoms with Gasteiger partial charge in [-0.15, -0.1) is 0 Å². The van der Waals surface area contributed by atoms with Gasteiger partial charge in [-0.3, -0.25) is 14.2 Å². The molecule has 1 N–H and O–H groups in total. The maximum Gasteiger partial charge on any atom is 0.242 e. The lowest BCUT2D eigenvalue weighted by Gasteiger charge is -2.12. The summed E-state index contributed by atoms with van der Waals surface area (Å²) in [6, 6.07) is 3.78. The first-order chi connectivity index (χ1) is 9.49. The highest BCUT2D eigenvalue weighted by molar-refractivity contribution is 5.76. The van der Waals surface area contributed by atoms with E-state index < -0.39 is 0 Å². The second-order valence-electron chi connectivity index (χ2n) is 4.97. The van der Waals surface area contributed by atoms with E-state index in [0.717, 1.165) is 23.6 Å². The van der Waals surface area contributed by atoms with Crippen molar-refractivity contribution in [3.63, 3.8) is 0 Å². The van der Waals surface area contributed by atoms with Gasteiger partial charge in [-0.1, -0.05) is 0 Å². The number of nitrogens with zero attached hydrogens (tertiary/aromatic N) is 4. The highest BCUT2D eigenvalue weighted by Crippen LogP contribution is 2.09. The van der Waals surface area contributed by atoms with Gasteiger partial charge >= 0.3 is 0 Å². The van der Waals surface area contributed by atoms with Crippen LogP contribution in [0.2, 0.25) is 0 Å². The van der Waals surface area contributed by atoms with Crippen molar-refractivity contribution >= 4 is 5.91 Å².